The lowest BCUT2D eigenvalue weighted by Gasteiger charge is -2.04. The first-order valence-corrected chi connectivity index (χ1v) is 8.52. The molecule has 0 bridgehead atoms. The maximum Gasteiger partial charge on any atom is 0.330 e. The minimum Gasteiger partial charge on any atom is -0.477 e. The third-order valence-corrected chi connectivity index (χ3v) is 3.87. The maximum absolute atomic E-state index is 11.1. The summed E-state index contributed by atoms with van der Waals surface area (Å²) >= 11 is 0. The van der Waals surface area contributed by atoms with E-state index in [1.807, 2.05) is 43.3 Å². The van der Waals surface area contributed by atoms with Crippen LogP contribution in [0.2, 0.25) is 0 Å². The molecular formula is C21H20N2O4. The molecule has 2 aromatic heterocycles. The van der Waals surface area contributed by atoms with Gasteiger partial charge in [0.2, 0.25) is 11.8 Å². The van der Waals surface area contributed by atoms with Gasteiger partial charge in [0.1, 0.15) is 5.76 Å². The van der Waals surface area contributed by atoms with E-state index in [4.69, 9.17) is 9.15 Å². The molecule has 0 N–H and O–H groups in total. The number of hydrogen-bond donors (Lipinski definition) is 0. The molecule has 0 aliphatic heterocycles. The van der Waals surface area contributed by atoms with Crippen molar-refractivity contribution in [2.24, 2.45) is 0 Å². The van der Waals surface area contributed by atoms with Gasteiger partial charge in [0, 0.05) is 30.3 Å². The number of esters is 1. The van der Waals surface area contributed by atoms with Crippen LogP contribution in [0, 0.1) is 6.92 Å². The Morgan fingerprint density at radius 1 is 1.19 bits per heavy atom. The second-order valence-electron chi connectivity index (χ2n) is 5.77. The van der Waals surface area contributed by atoms with Crippen LogP contribution in [0.4, 0.5) is 0 Å². The molecular weight excluding hydrogens is 344 g/mol. The number of nitrogens with zero attached hydrogens (tertiary/aromatic N) is 2. The number of pyridine rings is 1. The molecule has 0 atom stereocenters. The number of aryl methyl sites for hydroxylation is 1. The molecule has 3 rings (SSSR count). The highest BCUT2D eigenvalue weighted by atomic mass is 16.5. The second kappa shape index (κ2) is 8.80. The van der Waals surface area contributed by atoms with Crippen LogP contribution in [0.5, 0.6) is 5.88 Å². The lowest BCUT2D eigenvalue weighted by molar-refractivity contribution is -0.134. The third-order valence-electron chi connectivity index (χ3n) is 3.87. The summed E-state index contributed by atoms with van der Waals surface area (Å²) in [5.74, 6) is 1.50. The summed E-state index contributed by atoms with van der Waals surface area (Å²) in [6.45, 7) is 2.33. The van der Waals surface area contributed by atoms with Gasteiger partial charge >= 0.3 is 5.97 Å². The Bertz CT molecular complexity index is 915. The average Bonchev–Trinajstić information content (AvgIpc) is 3.08. The van der Waals surface area contributed by atoms with Gasteiger partial charge in [-0.3, -0.25) is 0 Å². The summed E-state index contributed by atoms with van der Waals surface area (Å²) in [4.78, 5) is 19.9. The van der Waals surface area contributed by atoms with Crippen molar-refractivity contribution in [3.63, 3.8) is 0 Å². The Morgan fingerprint density at radius 2 is 2.00 bits per heavy atom. The molecule has 0 spiro atoms. The molecule has 2 heterocycles. The summed E-state index contributed by atoms with van der Waals surface area (Å²) in [5, 5.41) is 0. The predicted octanol–water partition coefficient (Wildman–Crippen LogP) is 3.85. The Balaban J connectivity index is 1.55. The minimum absolute atomic E-state index is 0.409. The number of carbonyl (C=O) groups excluding carboxylic acids is 1. The maximum atomic E-state index is 11.1. The highest BCUT2D eigenvalue weighted by molar-refractivity contribution is 5.86. The molecule has 0 unspecified atom stereocenters. The molecule has 0 radical (unpaired) electrons. The fourth-order valence-corrected chi connectivity index (χ4v) is 2.42. The van der Waals surface area contributed by atoms with Gasteiger partial charge in [0.15, 0.2) is 0 Å². The van der Waals surface area contributed by atoms with Crippen molar-refractivity contribution in [2.75, 3.05) is 13.7 Å². The molecule has 27 heavy (non-hydrogen) atoms. The Hall–Kier alpha value is -3.41. The van der Waals surface area contributed by atoms with Crippen molar-refractivity contribution in [2.45, 2.75) is 13.3 Å². The number of aromatic nitrogens is 2. The van der Waals surface area contributed by atoms with Crippen molar-refractivity contribution >= 4 is 12.0 Å². The van der Waals surface area contributed by atoms with Gasteiger partial charge in [0.25, 0.3) is 0 Å². The van der Waals surface area contributed by atoms with Crippen molar-refractivity contribution in [3.05, 3.63) is 71.8 Å². The van der Waals surface area contributed by atoms with E-state index in [0.29, 0.717) is 24.8 Å². The number of methoxy groups -OCH3 is 1. The summed E-state index contributed by atoms with van der Waals surface area (Å²) < 4.78 is 16.0. The molecule has 0 amide bonds. The normalized spacial score (nSPS) is 10.9. The number of ether oxygens (including phenoxy) is 2. The zero-order valence-corrected chi connectivity index (χ0v) is 15.2. The summed E-state index contributed by atoms with van der Waals surface area (Å²) in [6, 6.07) is 13.4. The first kappa shape index (κ1) is 18.4. The lowest BCUT2D eigenvalue weighted by atomic mass is 10.2. The van der Waals surface area contributed by atoms with E-state index >= 15 is 0 Å². The van der Waals surface area contributed by atoms with Crippen LogP contribution < -0.4 is 4.74 Å². The summed E-state index contributed by atoms with van der Waals surface area (Å²) in [5.41, 5.74) is 2.60. The van der Waals surface area contributed by atoms with Crippen LogP contribution in [-0.4, -0.2) is 29.7 Å². The molecule has 6 heteroatoms. The van der Waals surface area contributed by atoms with Gasteiger partial charge in [-0.1, -0.05) is 18.2 Å². The van der Waals surface area contributed by atoms with E-state index in [2.05, 4.69) is 14.7 Å². The quantitative estimate of drug-likeness (QED) is 0.468. The molecule has 138 valence electrons. The molecule has 1 aromatic carbocycles. The monoisotopic (exact) mass is 364 g/mol. The Labute approximate surface area is 157 Å². The van der Waals surface area contributed by atoms with Gasteiger partial charge in [0.05, 0.1) is 19.4 Å². The number of hydrogen-bond acceptors (Lipinski definition) is 6. The summed E-state index contributed by atoms with van der Waals surface area (Å²) in [6.07, 6.45) is 5.22. The van der Waals surface area contributed by atoms with E-state index in [9.17, 15) is 4.79 Å². The number of benzene rings is 1. The van der Waals surface area contributed by atoms with Crippen LogP contribution in [0.1, 0.15) is 17.0 Å². The van der Waals surface area contributed by atoms with E-state index in [1.54, 1.807) is 18.3 Å². The molecule has 3 aromatic rings. The lowest BCUT2D eigenvalue weighted by Crippen LogP contribution is -2.03. The van der Waals surface area contributed by atoms with Gasteiger partial charge in [-0.2, -0.15) is 0 Å². The van der Waals surface area contributed by atoms with E-state index in [1.165, 1.54) is 13.2 Å². The molecule has 0 saturated carbocycles. The van der Waals surface area contributed by atoms with Crippen molar-refractivity contribution in [3.8, 4) is 17.3 Å². The number of oxazole rings is 1. The van der Waals surface area contributed by atoms with Crippen molar-refractivity contribution < 1.29 is 18.7 Å². The van der Waals surface area contributed by atoms with Crippen LogP contribution >= 0.6 is 0 Å². The van der Waals surface area contributed by atoms with E-state index in [-0.39, 0.29) is 0 Å². The van der Waals surface area contributed by atoms with Crippen LogP contribution in [0.15, 0.2) is 59.2 Å². The van der Waals surface area contributed by atoms with Crippen LogP contribution in [0.3, 0.4) is 0 Å². The highest BCUT2D eigenvalue weighted by Gasteiger charge is 2.11. The van der Waals surface area contributed by atoms with Gasteiger partial charge < -0.3 is 13.9 Å². The van der Waals surface area contributed by atoms with Crippen LogP contribution in [-0.2, 0) is 16.0 Å². The largest absolute Gasteiger partial charge is 0.477 e. The average molecular weight is 364 g/mol. The van der Waals surface area contributed by atoms with Crippen molar-refractivity contribution in [1.29, 1.82) is 0 Å². The zero-order valence-electron chi connectivity index (χ0n) is 15.2. The molecule has 0 aliphatic rings. The van der Waals surface area contributed by atoms with E-state index < -0.39 is 5.97 Å². The molecule has 0 aliphatic carbocycles. The number of rotatable bonds is 7. The smallest absolute Gasteiger partial charge is 0.330 e. The highest BCUT2D eigenvalue weighted by Crippen LogP contribution is 2.21. The predicted molar refractivity (Wildman–Crippen MR) is 101 cm³/mol. The SMILES string of the molecule is COC(=O)/C=C/c1ccc(OCCc2nc(-c3ccccc3)oc2C)nc1. The van der Waals surface area contributed by atoms with Crippen molar-refractivity contribution in [1.82, 2.24) is 9.97 Å². The molecule has 0 fully saturated rings. The first-order valence-electron chi connectivity index (χ1n) is 8.52. The van der Waals surface area contributed by atoms with E-state index in [0.717, 1.165) is 22.6 Å². The number of carbonyl (C=O) groups is 1. The van der Waals surface area contributed by atoms with Gasteiger partial charge in [-0.05, 0) is 36.8 Å². The summed E-state index contributed by atoms with van der Waals surface area (Å²) in [7, 11) is 1.33. The van der Waals surface area contributed by atoms with Crippen LogP contribution in [0.25, 0.3) is 17.5 Å². The Morgan fingerprint density at radius 3 is 2.70 bits per heavy atom. The van der Waals surface area contributed by atoms with Gasteiger partial charge in [-0.25, -0.2) is 14.8 Å². The fourth-order valence-electron chi connectivity index (χ4n) is 2.42. The Kier molecular flexibility index (Phi) is 5.99. The molecule has 0 saturated heterocycles. The minimum atomic E-state index is -0.409. The topological polar surface area (TPSA) is 74.5 Å². The standard InChI is InChI=1S/C21H20N2O4/c1-15-18(23-21(27-15)17-6-4-3-5-7-17)12-13-26-19-10-8-16(14-22-19)9-11-20(24)25-2/h3-11,14H,12-13H2,1-2H3/b11-9+. The zero-order chi connectivity index (χ0) is 19.1. The second-order valence-corrected chi connectivity index (χ2v) is 5.77. The fraction of sp³-hybridized carbons (Fsp3) is 0.190. The molecule has 6 nitrogen and oxygen atoms in total. The van der Waals surface area contributed by atoms with Gasteiger partial charge in [-0.15, -0.1) is 0 Å². The first-order chi connectivity index (χ1) is 13.2. The third kappa shape index (κ3) is 5.04.